The topological polar surface area (TPSA) is 0 Å². The SMILES string of the molecule is CCCC(CC)C(C)C(CC(CC)CC1CC(C)=C(C)CC1(C)C)CC1(CC(C)CCC(C)CC(CC)C(C)C(C)C)CC1C(C)CC. The second kappa shape index (κ2) is 20.1. The molecule has 0 aromatic carbocycles. The Morgan fingerprint density at radius 3 is 1.81 bits per heavy atom. The molecular formula is C48H92. The molecule has 2 aliphatic carbocycles. The summed E-state index contributed by atoms with van der Waals surface area (Å²) in [5.74, 6) is 10.5. The smallest absolute Gasteiger partial charge is 0.0258 e. The molecule has 12 unspecified atom stereocenters. The van der Waals surface area contributed by atoms with Crippen LogP contribution in [0.3, 0.4) is 0 Å². The summed E-state index contributed by atoms with van der Waals surface area (Å²) in [7, 11) is 0. The summed E-state index contributed by atoms with van der Waals surface area (Å²) >= 11 is 0. The molecule has 0 amide bonds. The van der Waals surface area contributed by atoms with Crippen LogP contribution < -0.4 is 0 Å². The van der Waals surface area contributed by atoms with Crippen molar-refractivity contribution in [2.24, 2.45) is 81.8 Å². The molecule has 0 aromatic heterocycles. The van der Waals surface area contributed by atoms with Gasteiger partial charge in [0.1, 0.15) is 0 Å². The Morgan fingerprint density at radius 2 is 1.27 bits per heavy atom. The highest BCUT2D eigenvalue weighted by Gasteiger charge is 2.56. The molecule has 0 radical (unpaired) electrons. The first kappa shape index (κ1) is 43.9. The van der Waals surface area contributed by atoms with Crippen LogP contribution in [-0.2, 0) is 0 Å². The first-order valence-electron chi connectivity index (χ1n) is 22.1. The molecule has 0 heterocycles. The van der Waals surface area contributed by atoms with E-state index in [2.05, 4.69) is 111 Å². The van der Waals surface area contributed by atoms with Crippen molar-refractivity contribution in [1.82, 2.24) is 0 Å². The van der Waals surface area contributed by atoms with E-state index in [1.54, 1.807) is 11.1 Å². The maximum atomic E-state index is 2.71. The van der Waals surface area contributed by atoms with Crippen molar-refractivity contribution < 1.29 is 0 Å². The highest BCUT2D eigenvalue weighted by atomic mass is 14.6. The van der Waals surface area contributed by atoms with Crippen molar-refractivity contribution in [3.05, 3.63) is 11.1 Å². The lowest BCUT2D eigenvalue weighted by Gasteiger charge is -2.43. The second-order valence-corrected chi connectivity index (χ2v) is 20.2. The first-order valence-corrected chi connectivity index (χ1v) is 22.1. The van der Waals surface area contributed by atoms with Crippen molar-refractivity contribution in [3.8, 4) is 0 Å². The normalized spacial score (nSPS) is 28.4. The van der Waals surface area contributed by atoms with Crippen LogP contribution in [0.4, 0.5) is 0 Å². The Labute approximate surface area is 305 Å². The molecule has 48 heavy (non-hydrogen) atoms. The van der Waals surface area contributed by atoms with Gasteiger partial charge >= 0.3 is 0 Å². The predicted octanol–water partition coefficient (Wildman–Crippen LogP) is 16.2. The Morgan fingerprint density at radius 1 is 0.646 bits per heavy atom. The van der Waals surface area contributed by atoms with E-state index < -0.39 is 0 Å². The number of hydrogen-bond acceptors (Lipinski definition) is 0. The van der Waals surface area contributed by atoms with Crippen LogP contribution in [0.2, 0.25) is 0 Å². The number of hydrogen-bond donors (Lipinski definition) is 0. The van der Waals surface area contributed by atoms with Gasteiger partial charge in [0.15, 0.2) is 0 Å². The van der Waals surface area contributed by atoms with E-state index in [0.717, 1.165) is 71.0 Å². The van der Waals surface area contributed by atoms with Gasteiger partial charge in [-0.2, -0.15) is 0 Å². The molecule has 2 rings (SSSR count). The molecule has 1 fully saturated rings. The van der Waals surface area contributed by atoms with Crippen LogP contribution in [0.15, 0.2) is 11.1 Å². The Hall–Kier alpha value is -0.260. The zero-order valence-electron chi connectivity index (χ0n) is 36.2. The fourth-order valence-corrected chi connectivity index (χ4v) is 11.4. The van der Waals surface area contributed by atoms with Gasteiger partial charge in [0, 0.05) is 0 Å². The molecule has 0 saturated heterocycles. The zero-order chi connectivity index (χ0) is 36.4. The minimum atomic E-state index is 0.447. The summed E-state index contributed by atoms with van der Waals surface area (Å²) in [4.78, 5) is 0. The van der Waals surface area contributed by atoms with Crippen molar-refractivity contribution in [1.29, 1.82) is 0 Å². The van der Waals surface area contributed by atoms with Gasteiger partial charge in [0.2, 0.25) is 0 Å². The largest absolute Gasteiger partial charge is 0.0741 e. The van der Waals surface area contributed by atoms with Crippen LogP contribution in [-0.4, -0.2) is 0 Å². The number of rotatable bonds is 24. The molecular weight excluding hydrogens is 577 g/mol. The Balaban J connectivity index is 2.26. The van der Waals surface area contributed by atoms with Crippen LogP contribution in [0, 0.1) is 81.8 Å². The van der Waals surface area contributed by atoms with Crippen LogP contribution >= 0.6 is 0 Å². The quantitative estimate of drug-likeness (QED) is 0.0898. The minimum Gasteiger partial charge on any atom is -0.0741 e. The molecule has 0 N–H and O–H groups in total. The second-order valence-electron chi connectivity index (χ2n) is 20.2. The van der Waals surface area contributed by atoms with Gasteiger partial charge in [-0.1, -0.05) is 159 Å². The van der Waals surface area contributed by atoms with Crippen molar-refractivity contribution in [2.45, 2.75) is 214 Å². The third-order valence-electron chi connectivity index (χ3n) is 15.8. The van der Waals surface area contributed by atoms with Gasteiger partial charge in [-0.15, -0.1) is 0 Å². The molecule has 2 aliphatic rings. The molecule has 0 aliphatic heterocycles. The van der Waals surface area contributed by atoms with Crippen LogP contribution in [0.25, 0.3) is 0 Å². The van der Waals surface area contributed by atoms with Crippen molar-refractivity contribution in [3.63, 3.8) is 0 Å². The van der Waals surface area contributed by atoms with E-state index in [0.29, 0.717) is 10.8 Å². The third-order valence-corrected chi connectivity index (χ3v) is 15.8. The lowest BCUT2D eigenvalue weighted by molar-refractivity contribution is 0.107. The van der Waals surface area contributed by atoms with Crippen molar-refractivity contribution >= 4 is 0 Å². The summed E-state index contributed by atoms with van der Waals surface area (Å²) in [5.41, 5.74) is 4.43. The van der Waals surface area contributed by atoms with Gasteiger partial charge in [0.25, 0.3) is 0 Å². The minimum absolute atomic E-state index is 0.447. The average Bonchev–Trinajstić information content (AvgIpc) is 3.74. The van der Waals surface area contributed by atoms with Gasteiger partial charge in [-0.3, -0.25) is 0 Å². The van der Waals surface area contributed by atoms with E-state index in [1.807, 2.05) is 0 Å². The molecule has 1 saturated carbocycles. The summed E-state index contributed by atoms with van der Waals surface area (Å²) in [5, 5.41) is 0. The average molecular weight is 669 g/mol. The van der Waals surface area contributed by atoms with Gasteiger partial charge in [0.05, 0.1) is 0 Å². The standard InChI is InChI=1S/C48H92/c1-17-22-42(20-4)40(14)44(27-41(19-3)28-45-26-37(11)38(12)30-47(45,15)16)31-48(32-46(48)36(10)18-2)29-35(9)24-23-34(8)25-43(21-5)39(13)33(6)7/h33-36,39-46H,17-32H2,1-16H3. The summed E-state index contributed by atoms with van der Waals surface area (Å²) in [6.45, 7) is 40.3. The molecule has 0 bridgehead atoms. The van der Waals surface area contributed by atoms with E-state index in [9.17, 15) is 0 Å². The van der Waals surface area contributed by atoms with Gasteiger partial charge < -0.3 is 0 Å². The third kappa shape index (κ3) is 12.5. The van der Waals surface area contributed by atoms with Gasteiger partial charge in [-0.25, -0.2) is 0 Å². The molecule has 284 valence electrons. The van der Waals surface area contributed by atoms with E-state index in [-0.39, 0.29) is 0 Å². The first-order chi connectivity index (χ1) is 22.5. The molecule has 0 spiro atoms. The fraction of sp³-hybridized carbons (Fsp3) is 0.958. The highest BCUT2D eigenvalue weighted by molar-refractivity contribution is 5.17. The predicted molar refractivity (Wildman–Crippen MR) is 218 cm³/mol. The zero-order valence-corrected chi connectivity index (χ0v) is 36.2. The Kier molecular flexibility index (Phi) is 18.4. The molecule has 12 atom stereocenters. The van der Waals surface area contributed by atoms with Crippen molar-refractivity contribution in [2.75, 3.05) is 0 Å². The monoisotopic (exact) mass is 669 g/mol. The lowest BCUT2D eigenvalue weighted by Crippen LogP contribution is -2.32. The molecule has 0 aromatic rings. The summed E-state index contributed by atoms with van der Waals surface area (Å²) < 4.78 is 0. The molecule has 0 heteroatoms. The number of allylic oxidation sites excluding steroid dienone is 2. The summed E-state index contributed by atoms with van der Waals surface area (Å²) in [6.07, 6.45) is 22.7. The highest BCUT2D eigenvalue weighted by Crippen LogP contribution is 2.65. The maximum absolute atomic E-state index is 2.71. The lowest BCUT2D eigenvalue weighted by atomic mass is 9.62. The maximum Gasteiger partial charge on any atom is -0.0258 e. The van der Waals surface area contributed by atoms with Crippen LogP contribution in [0.1, 0.15) is 214 Å². The summed E-state index contributed by atoms with van der Waals surface area (Å²) in [6, 6.07) is 0. The van der Waals surface area contributed by atoms with E-state index in [1.165, 1.54) is 103 Å². The van der Waals surface area contributed by atoms with E-state index >= 15 is 0 Å². The fourth-order valence-electron chi connectivity index (χ4n) is 11.4. The van der Waals surface area contributed by atoms with E-state index in [4.69, 9.17) is 0 Å². The van der Waals surface area contributed by atoms with Gasteiger partial charge in [-0.05, 0) is 147 Å². The molecule has 0 nitrogen and oxygen atoms in total. The van der Waals surface area contributed by atoms with Crippen LogP contribution in [0.5, 0.6) is 0 Å². The Bertz CT molecular complexity index is 920.